The van der Waals surface area contributed by atoms with E-state index in [9.17, 15) is 5.11 Å². The highest BCUT2D eigenvalue weighted by molar-refractivity contribution is 9.10. The van der Waals surface area contributed by atoms with Gasteiger partial charge in [-0.1, -0.05) is 0 Å². The van der Waals surface area contributed by atoms with Gasteiger partial charge in [0.25, 0.3) is 0 Å². The summed E-state index contributed by atoms with van der Waals surface area (Å²) in [5.74, 6) is 0.574. The number of halogens is 1. The van der Waals surface area contributed by atoms with Crippen LogP contribution in [0, 0.1) is 6.92 Å². The molecule has 14 heavy (non-hydrogen) atoms. The Morgan fingerprint density at radius 2 is 2.29 bits per heavy atom. The van der Waals surface area contributed by atoms with Gasteiger partial charge in [-0.15, -0.1) is 0 Å². The molecular weight excluding hydrogens is 246 g/mol. The minimum atomic E-state index is 0.0116. The molecule has 0 amide bonds. The minimum Gasteiger partial charge on any atom is -0.492 e. The smallest absolute Gasteiger partial charge is 0.232 e. The number of hydrogen-bond acceptors (Lipinski definition) is 3. The number of pyridine rings is 1. The summed E-state index contributed by atoms with van der Waals surface area (Å²) >= 11 is 3.36. The van der Waals surface area contributed by atoms with Crippen LogP contribution in [0.15, 0.2) is 22.8 Å². The van der Waals surface area contributed by atoms with E-state index in [1.807, 2.05) is 12.1 Å². The molecule has 0 unspecified atom stereocenters. The lowest BCUT2D eigenvalue weighted by Gasteiger charge is -1.97. The van der Waals surface area contributed by atoms with Crippen LogP contribution in [-0.2, 0) is 0 Å². The molecule has 0 aliphatic carbocycles. The second kappa shape index (κ2) is 3.42. The van der Waals surface area contributed by atoms with Gasteiger partial charge < -0.3 is 10.1 Å². The molecule has 2 rings (SSSR count). The van der Waals surface area contributed by atoms with Gasteiger partial charge in [-0.2, -0.15) is 4.98 Å². The molecule has 0 atom stereocenters. The Labute approximate surface area is 89.2 Å². The molecule has 72 valence electrons. The summed E-state index contributed by atoms with van der Waals surface area (Å²) in [7, 11) is 0. The third kappa shape index (κ3) is 1.50. The molecule has 0 fully saturated rings. The van der Waals surface area contributed by atoms with Crippen LogP contribution in [0.4, 0.5) is 0 Å². The van der Waals surface area contributed by atoms with Crippen LogP contribution in [0.5, 0.6) is 5.88 Å². The predicted octanol–water partition coefficient (Wildman–Crippen LogP) is 2.25. The first-order valence-corrected chi connectivity index (χ1v) is 4.84. The van der Waals surface area contributed by atoms with Gasteiger partial charge in [0.05, 0.1) is 5.69 Å². The first-order valence-electron chi connectivity index (χ1n) is 4.05. The zero-order chi connectivity index (χ0) is 10.1. The highest BCUT2D eigenvalue weighted by Crippen LogP contribution is 2.25. The third-order valence-electron chi connectivity index (χ3n) is 1.84. The van der Waals surface area contributed by atoms with Crippen LogP contribution in [0.1, 0.15) is 5.69 Å². The summed E-state index contributed by atoms with van der Waals surface area (Å²) in [6.07, 6.45) is 1.68. The molecular formula is C9H8BrN3O. The lowest BCUT2D eigenvalue weighted by molar-refractivity contribution is 0.452. The highest BCUT2D eigenvalue weighted by Gasteiger charge is 2.10. The molecule has 0 saturated carbocycles. The first-order chi connectivity index (χ1) is 6.68. The maximum atomic E-state index is 9.31. The maximum absolute atomic E-state index is 9.31. The van der Waals surface area contributed by atoms with Crippen molar-refractivity contribution in [3.8, 4) is 17.4 Å². The molecule has 2 aromatic rings. The summed E-state index contributed by atoms with van der Waals surface area (Å²) in [4.78, 5) is 11.0. The fraction of sp³-hybridized carbons (Fsp3) is 0.111. The largest absolute Gasteiger partial charge is 0.492 e. The van der Waals surface area contributed by atoms with E-state index in [1.54, 1.807) is 13.1 Å². The Kier molecular flexibility index (Phi) is 2.25. The van der Waals surface area contributed by atoms with Crippen LogP contribution >= 0.6 is 15.9 Å². The van der Waals surface area contributed by atoms with Gasteiger partial charge in [-0.05, 0) is 35.0 Å². The molecule has 4 nitrogen and oxygen atoms in total. The molecule has 0 aliphatic heterocycles. The molecule has 0 radical (unpaired) electrons. The molecule has 0 aromatic carbocycles. The number of rotatable bonds is 1. The molecule has 0 aliphatic rings. The van der Waals surface area contributed by atoms with E-state index in [0.29, 0.717) is 17.2 Å². The second-order valence-corrected chi connectivity index (χ2v) is 3.72. The molecule has 2 heterocycles. The van der Waals surface area contributed by atoms with Gasteiger partial charge in [0.2, 0.25) is 5.88 Å². The lowest BCUT2D eigenvalue weighted by atomic mass is 10.3. The molecule has 0 spiro atoms. The maximum Gasteiger partial charge on any atom is 0.232 e. The van der Waals surface area contributed by atoms with Gasteiger partial charge in [-0.25, -0.2) is 0 Å². The average Bonchev–Trinajstić information content (AvgIpc) is 2.48. The topological polar surface area (TPSA) is 61.8 Å². The van der Waals surface area contributed by atoms with Crippen molar-refractivity contribution < 1.29 is 5.11 Å². The number of nitrogens with zero attached hydrogens (tertiary/aromatic N) is 2. The fourth-order valence-electron chi connectivity index (χ4n) is 1.12. The molecule has 5 heteroatoms. The quantitative estimate of drug-likeness (QED) is 0.820. The van der Waals surface area contributed by atoms with Gasteiger partial charge in [0.15, 0.2) is 5.82 Å². The fourth-order valence-corrected chi connectivity index (χ4v) is 1.57. The zero-order valence-corrected chi connectivity index (χ0v) is 9.04. The standard InChI is InChI=1S/C9H8BrN3O/c1-5-9(14)13-8(12-5)7-6(10)3-2-4-11-7/h2-4,14H,1H3,(H,12,13). The SMILES string of the molecule is Cc1[nH]c(-c2ncccc2Br)nc1O. The van der Waals surface area contributed by atoms with E-state index < -0.39 is 0 Å². The van der Waals surface area contributed by atoms with Crippen molar-refractivity contribution in [2.75, 3.05) is 0 Å². The van der Waals surface area contributed by atoms with Gasteiger partial charge in [0.1, 0.15) is 5.69 Å². The summed E-state index contributed by atoms with van der Waals surface area (Å²) < 4.78 is 0.841. The van der Waals surface area contributed by atoms with Gasteiger partial charge >= 0.3 is 0 Å². The van der Waals surface area contributed by atoms with Gasteiger partial charge in [0, 0.05) is 10.7 Å². The highest BCUT2D eigenvalue weighted by atomic mass is 79.9. The summed E-state index contributed by atoms with van der Waals surface area (Å²) in [5, 5.41) is 9.31. The van der Waals surface area contributed by atoms with Crippen molar-refractivity contribution in [1.82, 2.24) is 15.0 Å². The summed E-state index contributed by atoms with van der Waals surface area (Å²) in [6.45, 7) is 1.75. The van der Waals surface area contributed by atoms with E-state index in [0.717, 1.165) is 4.47 Å². The summed E-state index contributed by atoms with van der Waals surface area (Å²) in [6, 6.07) is 3.69. The number of imidazole rings is 1. The summed E-state index contributed by atoms with van der Waals surface area (Å²) in [5.41, 5.74) is 1.33. The average molecular weight is 254 g/mol. The number of aromatic amines is 1. The van der Waals surface area contributed by atoms with Crippen molar-refractivity contribution >= 4 is 15.9 Å². The van der Waals surface area contributed by atoms with E-state index in [2.05, 4.69) is 30.9 Å². The predicted molar refractivity (Wildman–Crippen MR) is 55.9 cm³/mol. The number of hydrogen-bond donors (Lipinski definition) is 2. The monoisotopic (exact) mass is 253 g/mol. The minimum absolute atomic E-state index is 0.0116. The van der Waals surface area contributed by atoms with Crippen molar-refractivity contribution in [2.24, 2.45) is 0 Å². The Balaban J connectivity index is 2.55. The normalized spacial score (nSPS) is 10.4. The lowest BCUT2D eigenvalue weighted by Crippen LogP contribution is -1.86. The molecule has 2 aromatic heterocycles. The number of aromatic nitrogens is 3. The van der Waals surface area contributed by atoms with Crippen molar-refractivity contribution in [3.05, 3.63) is 28.5 Å². The first kappa shape index (κ1) is 9.21. The number of H-pyrrole nitrogens is 1. The van der Waals surface area contributed by atoms with Crippen LogP contribution in [0.2, 0.25) is 0 Å². The van der Waals surface area contributed by atoms with Crippen molar-refractivity contribution in [1.29, 1.82) is 0 Å². The van der Waals surface area contributed by atoms with Crippen molar-refractivity contribution in [2.45, 2.75) is 6.92 Å². The molecule has 0 saturated heterocycles. The van der Waals surface area contributed by atoms with Gasteiger partial charge in [-0.3, -0.25) is 4.98 Å². The number of aryl methyl sites for hydroxylation is 1. The van der Waals surface area contributed by atoms with E-state index >= 15 is 0 Å². The second-order valence-electron chi connectivity index (χ2n) is 2.87. The Hall–Kier alpha value is -1.36. The molecule has 0 bridgehead atoms. The van der Waals surface area contributed by atoms with Crippen LogP contribution in [-0.4, -0.2) is 20.1 Å². The Morgan fingerprint density at radius 1 is 1.50 bits per heavy atom. The molecule has 2 N–H and O–H groups in total. The van der Waals surface area contributed by atoms with Crippen LogP contribution in [0.25, 0.3) is 11.5 Å². The van der Waals surface area contributed by atoms with Crippen LogP contribution < -0.4 is 0 Å². The Bertz CT molecular complexity index is 447. The number of nitrogens with one attached hydrogen (secondary N) is 1. The van der Waals surface area contributed by atoms with Crippen molar-refractivity contribution in [3.63, 3.8) is 0 Å². The van der Waals surface area contributed by atoms with Crippen LogP contribution in [0.3, 0.4) is 0 Å². The zero-order valence-electron chi connectivity index (χ0n) is 7.45. The number of aromatic hydroxyl groups is 1. The van der Waals surface area contributed by atoms with E-state index in [1.165, 1.54) is 0 Å². The van der Waals surface area contributed by atoms with E-state index in [-0.39, 0.29) is 5.88 Å². The third-order valence-corrected chi connectivity index (χ3v) is 2.48. The Morgan fingerprint density at radius 3 is 2.86 bits per heavy atom. The van der Waals surface area contributed by atoms with E-state index in [4.69, 9.17) is 0 Å².